The van der Waals surface area contributed by atoms with Crippen molar-refractivity contribution in [3.63, 3.8) is 0 Å². The highest BCUT2D eigenvalue weighted by Crippen LogP contribution is 2.06. The van der Waals surface area contributed by atoms with E-state index in [4.69, 9.17) is 0 Å². The lowest BCUT2D eigenvalue weighted by Crippen LogP contribution is -2.13. The van der Waals surface area contributed by atoms with Crippen molar-refractivity contribution >= 4 is 12.4 Å². The van der Waals surface area contributed by atoms with Crippen LogP contribution in [0.2, 0.25) is 0 Å². The van der Waals surface area contributed by atoms with Gasteiger partial charge >= 0.3 is 0 Å². The Labute approximate surface area is 118 Å². The maximum absolute atomic E-state index is 13.7. The van der Waals surface area contributed by atoms with Crippen LogP contribution in [0.5, 0.6) is 0 Å². The van der Waals surface area contributed by atoms with Crippen LogP contribution < -0.4 is 5.32 Å². The normalized spacial score (nSPS) is 10.5. The van der Waals surface area contributed by atoms with E-state index in [9.17, 15) is 4.39 Å². The van der Waals surface area contributed by atoms with Crippen LogP contribution in [0.3, 0.4) is 0 Å². The average molecular weight is 288 g/mol. The topological polar surface area (TPSA) is 47.7 Å². The number of hydrogen-bond donors (Lipinski definition) is 1. The Bertz CT molecular complexity index is 508. The molecule has 0 radical (unpaired) electrons. The smallest absolute Gasteiger partial charge is 0.215 e. The van der Waals surface area contributed by atoms with E-state index >= 15 is 0 Å². The van der Waals surface area contributed by atoms with Gasteiger partial charge in [-0.1, -0.05) is 0 Å². The summed E-state index contributed by atoms with van der Waals surface area (Å²) in [5.41, 5.74) is 1.69. The van der Waals surface area contributed by atoms with Gasteiger partial charge in [-0.3, -0.25) is 4.68 Å². The molecule has 2 rings (SSSR count). The van der Waals surface area contributed by atoms with E-state index in [0.29, 0.717) is 25.2 Å². The molecule has 0 bridgehead atoms. The van der Waals surface area contributed by atoms with Gasteiger partial charge in [-0.05, 0) is 13.8 Å². The number of hydrogen-bond acceptors (Lipinski definition) is 3. The first-order valence-electron chi connectivity index (χ1n) is 6.16. The zero-order valence-corrected chi connectivity index (χ0v) is 12.0. The lowest BCUT2D eigenvalue weighted by atomic mass is 10.3. The maximum Gasteiger partial charge on any atom is 0.215 e. The maximum atomic E-state index is 13.7. The summed E-state index contributed by atoms with van der Waals surface area (Å²) in [5.74, 6) is -0.255. The number of nitrogens with one attached hydrogen (secondary N) is 1. The summed E-state index contributed by atoms with van der Waals surface area (Å²) in [6, 6.07) is 0. The van der Waals surface area contributed by atoms with Crippen LogP contribution in [0.4, 0.5) is 4.39 Å². The molecule has 19 heavy (non-hydrogen) atoms. The minimum absolute atomic E-state index is 0. The van der Waals surface area contributed by atoms with Crippen LogP contribution in [-0.2, 0) is 26.2 Å². The predicted octanol–water partition coefficient (Wildman–Crippen LogP) is 1.97. The highest BCUT2D eigenvalue weighted by molar-refractivity contribution is 5.85. The van der Waals surface area contributed by atoms with Gasteiger partial charge in [0.2, 0.25) is 5.95 Å². The van der Waals surface area contributed by atoms with E-state index in [1.807, 2.05) is 30.9 Å². The van der Waals surface area contributed by atoms with Crippen molar-refractivity contribution in [2.24, 2.45) is 0 Å². The molecule has 1 N–H and O–H groups in total. The van der Waals surface area contributed by atoms with E-state index < -0.39 is 0 Å². The van der Waals surface area contributed by atoms with Crippen LogP contribution >= 0.6 is 12.4 Å². The molecule has 106 valence electrons. The number of halogens is 2. The lowest BCUT2D eigenvalue weighted by Gasteiger charge is -2.01. The van der Waals surface area contributed by atoms with E-state index in [1.54, 1.807) is 6.20 Å². The Morgan fingerprint density at radius 3 is 2.53 bits per heavy atom. The zero-order chi connectivity index (χ0) is 13.0. The summed E-state index contributed by atoms with van der Waals surface area (Å²) in [6.07, 6.45) is 5.38. The molecule has 0 fully saturated rings. The van der Waals surface area contributed by atoms with Crippen LogP contribution in [0, 0.1) is 5.95 Å². The third-order valence-corrected chi connectivity index (χ3v) is 2.80. The predicted molar refractivity (Wildman–Crippen MR) is 73.6 cm³/mol. The van der Waals surface area contributed by atoms with Crippen LogP contribution in [0.25, 0.3) is 0 Å². The quantitative estimate of drug-likeness (QED) is 0.884. The van der Waals surface area contributed by atoms with Gasteiger partial charge in [0, 0.05) is 43.5 Å². The van der Waals surface area contributed by atoms with Gasteiger partial charge in [-0.15, -0.1) is 12.4 Å². The average Bonchev–Trinajstić information content (AvgIpc) is 2.97. The molecule has 0 aromatic carbocycles. The Morgan fingerprint density at radius 2 is 1.95 bits per heavy atom. The molecule has 0 unspecified atom stereocenters. The molecule has 0 saturated carbocycles. The van der Waals surface area contributed by atoms with Crippen molar-refractivity contribution in [1.29, 1.82) is 0 Å². The van der Waals surface area contributed by atoms with Gasteiger partial charge in [-0.25, -0.2) is 4.68 Å². The summed E-state index contributed by atoms with van der Waals surface area (Å²) >= 11 is 0. The van der Waals surface area contributed by atoms with Crippen molar-refractivity contribution in [3.8, 4) is 0 Å². The highest BCUT2D eigenvalue weighted by Gasteiger charge is 2.08. The molecule has 0 aliphatic carbocycles. The Kier molecular flexibility index (Phi) is 5.98. The monoisotopic (exact) mass is 287 g/mol. The van der Waals surface area contributed by atoms with Crippen molar-refractivity contribution in [2.75, 3.05) is 0 Å². The standard InChI is InChI=1S/C12H18FN5.ClH/c1-3-17-9-10(6-15-17)5-14-7-11-8-16-18(4-2)12(11)13;/h6,8-9,14H,3-5,7H2,1-2H3;1H. The highest BCUT2D eigenvalue weighted by atomic mass is 35.5. The van der Waals surface area contributed by atoms with E-state index in [-0.39, 0.29) is 18.4 Å². The van der Waals surface area contributed by atoms with Gasteiger partial charge in [-0.2, -0.15) is 14.6 Å². The lowest BCUT2D eigenvalue weighted by molar-refractivity contribution is 0.460. The molecule has 0 saturated heterocycles. The summed E-state index contributed by atoms with van der Waals surface area (Å²) in [5, 5.41) is 11.3. The minimum Gasteiger partial charge on any atom is -0.308 e. The van der Waals surface area contributed by atoms with Crippen molar-refractivity contribution in [3.05, 3.63) is 35.7 Å². The van der Waals surface area contributed by atoms with Gasteiger partial charge < -0.3 is 5.32 Å². The fraction of sp³-hybridized carbons (Fsp3) is 0.500. The number of aromatic nitrogens is 4. The van der Waals surface area contributed by atoms with Gasteiger partial charge in [0.1, 0.15) is 0 Å². The molecule has 0 amide bonds. The molecule has 0 spiro atoms. The second-order valence-electron chi connectivity index (χ2n) is 4.08. The first-order chi connectivity index (χ1) is 8.74. The largest absolute Gasteiger partial charge is 0.308 e. The van der Waals surface area contributed by atoms with E-state index in [2.05, 4.69) is 15.5 Å². The van der Waals surface area contributed by atoms with E-state index in [0.717, 1.165) is 12.1 Å². The third kappa shape index (κ3) is 3.78. The molecular formula is C12H19ClFN5. The van der Waals surface area contributed by atoms with Crippen LogP contribution in [0.15, 0.2) is 18.6 Å². The fourth-order valence-electron chi connectivity index (χ4n) is 1.76. The van der Waals surface area contributed by atoms with Crippen LogP contribution in [0.1, 0.15) is 25.0 Å². The first-order valence-corrected chi connectivity index (χ1v) is 6.16. The fourth-order valence-corrected chi connectivity index (χ4v) is 1.76. The molecule has 0 aliphatic heterocycles. The SMILES string of the molecule is CCn1cc(CNCc2cnn(CC)c2F)cn1.Cl. The number of nitrogens with zero attached hydrogens (tertiary/aromatic N) is 4. The summed E-state index contributed by atoms with van der Waals surface area (Å²) < 4.78 is 16.9. The molecule has 7 heteroatoms. The van der Waals surface area contributed by atoms with Gasteiger partial charge in [0.05, 0.1) is 12.4 Å². The van der Waals surface area contributed by atoms with Crippen LogP contribution in [-0.4, -0.2) is 19.6 Å². The molecule has 2 heterocycles. The number of aryl methyl sites for hydroxylation is 2. The number of rotatable bonds is 6. The molecule has 0 aliphatic rings. The molecule has 0 atom stereocenters. The molecule has 2 aromatic heterocycles. The van der Waals surface area contributed by atoms with Crippen molar-refractivity contribution in [1.82, 2.24) is 24.9 Å². The van der Waals surface area contributed by atoms with Crippen molar-refractivity contribution < 1.29 is 4.39 Å². The second-order valence-corrected chi connectivity index (χ2v) is 4.08. The molecule has 5 nitrogen and oxygen atoms in total. The summed E-state index contributed by atoms with van der Waals surface area (Å²) in [6.45, 7) is 6.47. The summed E-state index contributed by atoms with van der Waals surface area (Å²) in [7, 11) is 0. The van der Waals surface area contributed by atoms with Gasteiger partial charge in [0.15, 0.2) is 0 Å². The van der Waals surface area contributed by atoms with Crippen molar-refractivity contribution in [2.45, 2.75) is 40.0 Å². The zero-order valence-electron chi connectivity index (χ0n) is 11.1. The Hall–Kier alpha value is -1.40. The third-order valence-electron chi connectivity index (χ3n) is 2.80. The van der Waals surface area contributed by atoms with E-state index in [1.165, 1.54) is 4.68 Å². The minimum atomic E-state index is -0.255. The Balaban J connectivity index is 0.00000180. The summed E-state index contributed by atoms with van der Waals surface area (Å²) in [4.78, 5) is 0. The molecular weight excluding hydrogens is 269 g/mol. The Morgan fingerprint density at radius 1 is 1.16 bits per heavy atom. The van der Waals surface area contributed by atoms with Gasteiger partial charge in [0.25, 0.3) is 0 Å². The second kappa shape index (κ2) is 7.25. The first kappa shape index (κ1) is 15.7. The molecule has 2 aromatic rings.